The molecule has 0 aromatic heterocycles. The summed E-state index contributed by atoms with van der Waals surface area (Å²) in [5, 5.41) is 3.90. The molecule has 1 fully saturated rings. The maximum Gasteiger partial charge on any atom is 0.170 e. The molecule has 1 heterocycles. The molecule has 92 valence electrons. The van der Waals surface area contributed by atoms with Crippen LogP contribution in [0.4, 0.5) is 0 Å². The molecule has 0 amide bonds. The van der Waals surface area contributed by atoms with Crippen molar-refractivity contribution in [1.29, 1.82) is 0 Å². The minimum Gasteiger partial charge on any atom is -0.359 e. The predicted octanol–water partition coefficient (Wildman–Crippen LogP) is 1.13. The first kappa shape index (κ1) is 13.4. The number of nitrogens with one attached hydrogen (secondary N) is 1. The van der Waals surface area contributed by atoms with Gasteiger partial charge in [0.15, 0.2) is 10.9 Å². The molecule has 5 heteroatoms. The quantitative estimate of drug-likeness (QED) is 0.455. The van der Waals surface area contributed by atoms with E-state index in [1.807, 2.05) is 0 Å². The lowest BCUT2D eigenvalue weighted by Crippen LogP contribution is -2.51. The van der Waals surface area contributed by atoms with Gasteiger partial charge in [-0.3, -0.25) is 0 Å². The van der Waals surface area contributed by atoms with Crippen molar-refractivity contribution in [3.8, 4) is 0 Å². The van der Waals surface area contributed by atoms with Crippen LogP contribution in [0.3, 0.4) is 0 Å². The summed E-state index contributed by atoms with van der Waals surface area (Å²) in [6.45, 7) is 6.05. The standard InChI is InChI=1S/C11H20N2O2S/c1-4-7-12-10(16)13-8-5-11(14-2,15-3)6-9-13/h4H,1,5-9H2,2-3H3,(H,12,16). The van der Waals surface area contributed by atoms with Crippen LogP contribution in [0.1, 0.15) is 12.8 Å². The Morgan fingerprint density at radius 2 is 2.00 bits per heavy atom. The van der Waals surface area contributed by atoms with Gasteiger partial charge in [-0.25, -0.2) is 0 Å². The third-order valence-electron chi connectivity index (χ3n) is 2.95. The number of likely N-dealkylation sites (tertiary alicyclic amines) is 1. The van der Waals surface area contributed by atoms with E-state index < -0.39 is 5.79 Å². The zero-order valence-electron chi connectivity index (χ0n) is 9.99. The number of thiocarbonyl (C=S) groups is 1. The molecule has 0 aromatic rings. The van der Waals surface area contributed by atoms with Crippen LogP contribution in [0.15, 0.2) is 12.7 Å². The zero-order valence-corrected chi connectivity index (χ0v) is 10.8. The molecular weight excluding hydrogens is 224 g/mol. The minimum absolute atomic E-state index is 0.426. The molecule has 1 rings (SSSR count). The van der Waals surface area contributed by atoms with E-state index in [0.29, 0.717) is 6.54 Å². The Kier molecular flexibility index (Phi) is 5.18. The van der Waals surface area contributed by atoms with Crippen molar-refractivity contribution in [2.45, 2.75) is 18.6 Å². The Balaban J connectivity index is 2.41. The third-order valence-corrected chi connectivity index (χ3v) is 3.36. The van der Waals surface area contributed by atoms with Crippen LogP contribution in [0.25, 0.3) is 0 Å². The summed E-state index contributed by atoms with van der Waals surface area (Å²) in [6.07, 6.45) is 3.46. The topological polar surface area (TPSA) is 33.7 Å². The van der Waals surface area contributed by atoms with Gasteiger partial charge in [0, 0.05) is 46.7 Å². The normalized spacial score (nSPS) is 19.2. The molecule has 0 saturated carbocycles. The number of rotatable bonds is 4. The Hall–Kier alpha value is -0.650. The highest BCUT2D eigenvalue weighted by molar-refractivity contribution is 7.80. The number of hydrogen-bond donors (Lipinski definition) is 1. The number of nitrogens with zero attached hydrogens (tertiary/aromatic N) is 1. The molecule has 0 atom stereocenters. The van der Waals surface area contributed by atoms with Gasteiger partial charge in [-0.1, -0.05) is 6.08 Å². The summed E-state index contributed by atoms with van der Waals surface area (Å²) in [5.41, 5.74) is 0. The average molecular weight is 244 g/mol. The summed E-state index contributed by atoms with van der Waals surface area (Å²) < 4.78 is 10.8. The van der Waals surface area contributed by atoms with E-state index in [1.165, 1.54) is 0 Å². The molecule has 0 bridgehead atoms. The van der Waals surface area contributed by atoms with Gasteiger partial charge < -0.3 is 19.7 Å². The highest BCUT2D eigenvalue weighted by atomic mass is 32.1. The van der Waals surface area contributed by atoms with E-state index in [0.717, 1.165) is 31.0 Å². The van der Waals surface area contributed by atoms with Crippen LogP contribution in [-0.2, 0) is 9.47 Å². The molecule has 0 aliphatic carbocycles. The highest BCUT2D eigenvalue weighted by Gasteiger charge is 2.34. The molecule has 4 nitrogen and oxygen atoms in total. The Bertz CT molecular complexity index is 244. The molecule has 0 aromatic carbocycles. The second-order valence-corrected chi connectivity index (χ2v) is 4.17. The van der Waals surface area contributed by atoms with E-state index >= 15 is 0 Å². The molecule has 1 N–H and O–H groups in total. The second kappa shape index (κ2) is 6.18. The fourth-order valence-corrected chi connectivity index (χ4v) is 2.08. The van der Waals surface area contributed by atoms with Crippen LogP contribution in [-0.4, -0.2) is 49.7 Å². The van der Waals surface area contributed by atoms with E-state index in [-0.39, 0.29) is 0 Å². The molecule has 0 spiro atoms. The first-order chi connectivity index (χ1) is 7.67. The molecule has 1 saturated heterocycles. The molecule has 0 radical (unpaired) electrons. The van der Waals surface area contributed by atoms with E-state index in [2.05, 4.69) is 16.8 Å². The van der Waals surface area contributed by atoms with Crippen LogP contribution >= 0.6 is 12.2 Å². The predicted molar refractivity (Wildman–Crippen MR) is 68.4 cm³/mol. The number of hydrogen-bond acceptors (Lipinski definition) is 3. The van der Waals surface area contributed by atoms with Gasteiger partial charge in [-0.2, -0.15) is 0 Å². The smallest absolute Gasteiger partial charge is 0.170 e. The minimum atomic E-state index is -0.426. The van der Waals surface area contributed by atoms with Gasteiger partial charge in [0.05, 0.1) is 0 Å². The van der Waals surface area contributed by atoms with E-state index in [1.54, 1.807) is 20.3 Å². The Labute approximate surface area is 103 Å². The Morgan fingerprint density at radius 3 is 2.44 bits per heavy atom. The van der Waals surface area contributed by atoms with Gasteiger partial charge in [0.2, 0.25) is 0 Å². The number of ether oxygens (including phenoxy) is 2. The first-order valence-corrected chi connectivity index (χ1v) is 5.82. The summed E-state index contributed by atoms with van der Waals surface area (Å²) in [7, 11) is 3.38. The van der Waals surface area contributed by atoms with Crippen LogP contribution < -0.4 is 5.32 Å². The highest BCUT2D eigenvalue weighted by Crippen LogP contribution is 2.26. The maximum absolute atomic E-state index is 5.41. The lowest BCUT2D eigenvalue weighted by atomic mass is 10.0. The van der Waals surface area contributed by atoms with E-state index in [9.17, 15) is 0 Å². The van der Waals surface area contributed by atoms with E-state index in [4.69, 9.17) is 21.7 Å². The van der Waals surface area contributed by atoms with Gasteiger partial charge in [0.1, 0.15) is 0 Å². The van der Waals surface area contributed by atoms with Crippen molar-refractivity contribution in [1.82, 2.24) is 10.2 Å². The van der Waals surface area contributed by atoms with Gasteiger partial charge in [0.25, 0.3) is 0 Å². The fraction of sp³-hybridized carbons (Fsp3) is 0.727. The summed E-state index contributed by atoms with van der Waals surface area (Å²) in [6, 6.07) is 0. The van der Waals surface area contributed by atoms with Gasteiger partial charge in [-0.05, 0) is 12.2 Å². The molecule has 1 aliphatic heterocycles. The van der Waals surface area contributed by atoms with Crippen molar-refractivity contribution in [3.05, 3.63) is 12.7 Å². The summed E-state index contributed by atoms with van der Waals surface area (Å²) >= 11 is 5.27. The van der Waals surface area contributed by atoms with Crippen molar-refractivity contribution < 1.29 is 9.47 Å². The second-order valence-electron chi connectivity index (χ2n) is 3.78. The SMILES string of the molecule is C=CCNC(=S)N1CCC(OC)(OC)CC1. The fourth-order valence-electron chi connectivity index (χ4n) is 1.81. The largest absolute Gasteiger partial charge is 0.359 e. The van der Waals surface area contributed by atoms with Crippen molar-refractivity contribution in [2.24, 2.45) is 0 Å². The Morgan fingerprint density at radius 1 is 1.44 bits per heavy atom. The lowest BCUT2D eigenvalue weighted by Gasteiger charge is -2.40. The monoisotopic (exact) mass is 244 g/mol. The zero-order chi connectivity index (χ0) is 12.0. The van der Waals surface area contributed by atoms with Crippen LogP contribution in [0.2, 0.25) is 0 Å². The molecule has 16 heavy (non-hydrogen) atoms. The lowest BCUT2D eigenvalue weighted by molar-refractivity contribution is -0.225. The number of piperidine rings is 1. The number of methoxy groups -OCH3 is 2. The van der Waals surface area contributed by atoms with Gasteiger partial charge in [-0.15, -0.1) is 6.58 Å². The molecule has 0 unspecified atom stereocenters. The summed E-state index contributed by atoms with van der Waals surface area (Å²) in [4.78, 5) is 2.13. The van der Waals surface area contributed by atoms with Crippen LogP contribution in [0.5, 0.6) is 0 Å². The van der Waals surface area contributed by atoms with Crippen LogP contribution in [0, 0.1) is 0 Å². The van der Waals surface area contributed by atoms with Crippen molar-refractivity contribution >= 4 is 17.3 Å². The maximum atomic E-state index is 5.41. The molecule has 1 aliphatic rings. The van der Waals surface area contributed by atoms with Crippen molar-refractivity contribution in [3.63, 3.8) is 0 Å². The third kappa shape index (κ3) is 3.17. The summed E-state index contributed by atoms with van der Waals surface area (Å²) in [5.74, 6) is -0.426. The first-order valence-electron chi connectivity index (χ1n) is 5.41. The van der Waals surface area contributed by atoms with Gasteiger partial charge >= 0.3 is 0 Å². The average Bonchev–Trinajstić information content (AvgIpc) is 2.36. The molecular formula is C11H20N2O2S. The van der Waals surface area contributed by atoms with Crippen molar-refractivity contribution in [2.75, 3.05) is 33.9 Å².